The zero-order valence-electron chi connectivity index (χ0n) is 16.4. The minimum Gasteiger partial charge on any atom is -0.465 e. The van der Waals surface area contributed by atoms with Crippen molar-refractivity contribution in [1.29, 1.82) is 0 Å². The molecule has 1 aromatic carbocycles. The minimum atomic E-state index is -1.19. The number of hydrogen-bond acceptors (Lipinski definition) is 5. The molecule has 27 heavy (non-hydrogen) atoms. The van der Waals surface area contributed by atoms with Gasteiger partial charge >= 0.3 is 12.1 Å². The van der Waals surface area contributed by atoms with Crippen LogP contribution in [0.1, 0.15) is 46.6 Å². The highest BCUT2D eigenvalue weighted by molar-refractivity contribution is 6.00. The molecule has 146 valence electrons. The summed E-state index contributed by atoms with van der Waals surface area (Å²) < 4.78 is 5.36. The van der Waals surface area contributed by atoms with E-state index in [1.54, 1.807) is 52.9 Å². The zero-order chi connectivity index (χ0) is 20.4. The molecule has 0 unspecified atom stereocenters. The molecule has 0 atom stereocenters. The van der Waals surface area contributed by atoms with Crippen molar-refractivity contribution in [3.63, 3.8) is 0 Å². The summed E-state index contributed by atoms with van der Waals surface area (Å²) in [6.07, 6.45) is 0.263. The quantitative estimate of drug-likeness (QED) is 0.774. The van der Waals surface area contributed by atoms with Crippen molar-refractivity contribution in [2.75, 3.05) is 4.90 Å². The van der Waals surface area contributed by atoms with Crippen LogP contribution in [0.4, 0.5) is 10.6 Å². The molecule has 0 saturated heterocycles. The summed E-state index contributed by atoms with van der Waals surface area (Å²) in [4.78, 5) is 29.8. The maximum absolute atomic E-state index is 12.3. The van der Waals surface area contributed by atoms with Gasteiger partial charge in [-0.1, -0.05) is 12.1 Å². The van der Waals surface area contributed by atoms with Crippen molar-refractivity contribution in [3.05, 3.63) is 36.0 Å². The molecule has 2 aromatic rings. The number of carboxylic acid groups (broad SMARTS) is 1. The molecule has 0 bridgehead atoms. The van der Waals surface area contributed by atoms with Gasteiger partial charge in [-0.25, -0.2) is 9.78 Å². The first-order valence-corrected chi connectivity index (χ1v) is 8.77. The molecule has 0 fully saturated rings. The van der Waals surface area contributed by atoms with Crippen LogP contribution in [-0.2, 0) is 16.1 Å². The molecule has 3 N–H and O–H groups in total. The second-order valence-electron chi connectivity index (χ2n) is 8.09. The first-order chi connectivity index (χ1) is 12.4. The van der Waals surface area contributed by atoms with Crippen LogP contribution >= 0.6 is 0 Å². The average molecular weight is 373 g/mol. The number of rotatable bonds is 5. The van der Waals surface area contributed by atoms with E-state index in [1.165, 1.54) is 0 Å². The SMILES string of the molecule is CC(C)(C)OC(=O)CC(C)(C)N(C(=O)O)c1nccc2cc(CN)ccc12. The summed E-state index contributed by atoms with van der Waals surface area (Å²) in [5.41, 5.74) is 4.93. The Kier molecular flexibility index (Phi) is 5.75. The number of anilines is 1. The smallest absolute Gasteiger partial charge is 0.413 e. The van der Waals surface area contributed by atoms with Crippen molar-refractivity contribution in [3.8, 4) is 0 Å². The van der Waals surface area contributed by atoms with Crippen molar-refractivity contribution in [2.45, 2.75) is 58.7 Å². The van der Waals surface area contributed by atoms with Gasteiger partial charge in [0.25, 0.3) is 0 Å². The Morgan fingerprint density at radius 2 is 1.85 bits per heavy atom. The molecule has 1 aromatic heterocycles. The molecular formula is C20H27N3O4. The van der Waals surface area contributed by atoms with Crippen LogP contribution in [0, 0.1) is 0 Å². The molecule has 7 heteroatoms. The predicted octanol–water partition coefficient (Wildman–Crippen LogP) is 3.69. The average Bonchev–Trinajstić information content (AvgIpc) is 2.51. The number of esters is 1. The fraction of sp³-hybridized carbons (Fsp3) is 0.450. The van der Waals surface area contributed by atoms with E-state index >= 15 is 0 Å². The van der Waals surface area contributed by atoms with Crippen molar-refractivity contribution >= 4 is 28.7 Å². The third-order valence-corrected chi connectivity index (χ3v) is 4.05. The predicted molar refractivity (Wildman–Crippen MR) is 105 cm³/mol. The van der Waals surface area contributed by atoms with Gasteiger partial charge in [0.1, 0.15) is 11.4 Å². The first kappa shape index (κ1) is 20.6. The molecule has 0 aliphatic rings. The Labute approximate surface area is 159 Å². The number of carbonyl (C=O) groups is 2. The van der Waals surface area contributed by atoms with Crippen molar-refractivity contribution in [1.82, 2.24) is 4.98 Å². The van der Waals surface area contributed by atoms with E-state index in [0.29, 0.717) is 11.9 Å². The number of aromatic nitrogens is 1. The van der Waals surface area contributed by atoms with E-state index in [-0.39, 0.29) is 12.2 Å². The summed E-state index contributed by atoms with van der Waals surface area (Å²) >= 11 is 0. The summed E-state index contributed by atoms with van der Waals surface area (Å²) in [7, 11) is 0. The Bertz CT molecular complexity index is 856. The van der Waals surface area contributed by atoms with Gasteiger partial charge in [-0.3, -0.25) is 9.69 Å². The van der Waals surface area contributed by atoms with Gasteiger partial charge in [-0.15, -0.1) is 0 Å². The van der Waals surface area contributed by atoms with Gasteiger partial charge in [0.05, 0.1) is 12.0 Å². The van der Waals surface area contributed by atoms with E-state index < -0.39 is 23.2 Å². The lowest BCUT2D eigenvalue weighted by molar-refractivity contribution is -0.155. The van der Waals surface area contributed by atoms with E-state index in [1.807, 2.05) is 12.1 Å². The molecule has 0 saturated carbocycles. The van der Waals surface area contributed by atoms with Crippen LogP contribution < -0.4 is 10.6 Å². The Hall–Kier alpha value is -2.67. The number of benzene rings is 1. The van der Waals surface area contributed by atoms with Gasteiger partial charge in [-0.2, -0.15) is 0 Å². The molecule has 0 radical (unpaired) electrons. The van der Waals surface area contributed by atoms with Gasteiger partial charge in [0.15, 0.2) is 0 Å². The number of carbonyl (C=O) groups excluding carboxylic acids is 1. The number of fused-ring (bicyclic) bond motifs is 1. The minimum absolute atomic E-state index is 0.102. The molecule has 1 amide bonds. The molecule has 0 spiro atoms. The number of amides is 1. The second kappa shape index (κ2) is 7.52. The van der Waals surface area contributed by atoms with Crippen LogP contribution in [-0.4, -0.2) is 33.3 Å². The number of nitrogens with two attached hydrogens (primary N) is 1. The normalized spacial score (nSPS) is 12.1. The Balaban J connectivity index is 2.46. The number of pyridine rings is 1. The lowest BCUT2D eigenvalue weighted by Gasteiger charge is -2.36. The Morgan fingerprint density at radius 1 is 1.19 bits per heavy atom. The van der Waals surface area contributed by atoms with Crippen LogP contribution in [0.25, 0.3) is 10.8 Å². The van der Waals surface area contributed by atoms with Gasteiger partial charge in [-0.05, 0) is 57.7 Å². The molecule has 0 aliphatic carbocycles. The maximum Gasteiger partial charge on any atom is 0.413 e. The molecule has 0 aliphatic heterocycles. The summed E-state index contributed by atoms with van der Waals surface area (Å²) in [6.45, 7) is 9.07. The van der Waals surface area contributed by atoms with Gasteiger partial charge in [0.2, 0.25) is 0 Å². The van der Waals surface area contributed by atoms with E-state index in [2.05, 4.69) is 4.98 Å². The fourth-order valence-electron chi connectivity index (χ4n) is 2.96. The molecular weight excluding hydrogens is 346 g/mol. The third-order valence-electron chi connectivity index (χ3n) is 4.05. The lowest BCUT2D eigenvalue weighted by Crippen LogP contribution is -2.50. The Morgan fingerprint density at radius 3 is 2.41 bits per heavy atom. The third kappa shape index (κ3) is 4.95. The van der Waals surface area contributed by atoms with Crippen molar-refractivity contribution < 1.29 is 19.4 Å². The number of nitrogens with zero attached hydrogens (tertiary/aromatic N) is 2. The highest BCUT2D eigenvalue weighted by atomic mass is 16.6. The number of hydrogen-bond donors (Lipinski definition) is 2. The standard InChI is InChI=1S/C20H27N3O4/c1-19(2,3)27-16(24)11-20(4,5)23(18(25)26)17-15-7-6-13(12-21)10-14(15)8-9-22-17/h6-10H,11-12,21H2,1-5H3,(H,25,26). The van der Waals surface area contributed by atoms with Gasteiger partial charge < -0.3 is 15.6 Å². The van der Waals surface area contributed by atoms with Crippen LogP contribution in [0.15, 0.2) is 30.5 Å². The fourth-order valence-corrected chi connectivity index (χ4v) is 2.96. The van der Waals surface area contributed by atoms with E-state index in [4.69, 9.17) is 10.5 Å². The summed E-state index contributed by atoms with van der Waals surface area (Å²) in [5.74, 6) is -0.193. The second-order valence-corrected chi connectivity index (χ2v) is 8.09. The van der Waals surface area contributed by atoms with Crippen molar-refractivity contribution in [2.24, 2.45) is 5.73 Å². The molecule has 1 heterocycles. The lowest BCUT2D eigenvalue weighted by atomic mass is 9.97. The first-order valence-electron chi connectivity index (χ1n) is 8.77. The summed E-state index contributed by atoms with van der Waals surface area (Å²) in [5, 5.41) is 11.4. The molecule has 2 rings (SSSR count). The van der Waals surface area contributed by atoms with Crippen LogP contribution in [0.5, 0.6) is 0 Å². The monoisotopic (exact) mass is 373 g/mol. The van der Waals surface area contributed by atoms with E-state index in [0.717, 1.165) is 15.8 Å². The van der Waals surface area contributed by atoms with Crippen LogP contribution in [0.3, 0.4) is 0 Å². The summed E-state index contributed by atoms with van der Waals surface area (Å²) in [6, 6.07) is 7.36. The maximum atomic E-state index is 12.3. The highest BCUT2D eigenvalue weighted by Gasteiger charge is 2.37. The number of ether oxygens (including phenoxy) is 1. The van der Waals surface area contributed by atoms with Crippen LogP contribution in [0.2, 0.25) is 0 Å². The molecule has 7 nitrogen and oxygen atoms in total. The van der Waals surface area contributed by atoms with Gasteiger partial charge in [0, 0.05) is 18.1 Å². The highest BCUT2D eigenvalue weighted by Crippen LogP contribution is 2.32. The van der Waals surface area contributed by atoms with E-state index in [9.17, 15) is 14.7 Å². The topological polar surface area (TPSA) is 106 Å². The zero-order valence-corrected chi connectivity index (χ0v) is 16.4. The largest absolute Gasteiger partial charge is 0.465 e.